The fourth-order valence-corrected chi connectivity index (χ4v) is 10.7. The molecule has 0 fully saturated rings. The number of amides is 2. The fourth-order valence-electron chi connectivity index (χ4n) is 5.85. The maximum atomic E-state index is 13.6. The number of thiophene rings is 1. The van der Waals surface area contributed by atoms with Crippen molar-refractivity contribution in [1.29, 1.82) is 0 Å². The standard InChI is InChI=1S/C30H33N3O11S3/c1-3-32(30(35)43-18-25-22-12-6-4-10-20(22)21-11-5-7-13-23(21)25)26-16-19(2)46(38,39)28-24(26)17-27(45-28)47(40,41)31-29(34)42-14-8-9-15-44-33(36)37/h4-7,10-13,17,19,25-26H,3,8-9,14-16,18H2,1-2H3,(H,31,34)/t19?,26-/m0/s1. The van der Waals surface area contributed by atoms with Crippen LogP contribution in [0.1, 0.15) is 61.8 Å². The SMILES string of the molecule is CCN(C(=O)OCC1c2ccccc2-c2ccccc21)[C@H]1CC(C)S(=O)(=O)c2sc(S(=O)(=O)NC(=O)OCCCCO[N+](=O)[O-])cc21. The third kappa shape index (κ3) is 7.06. The highest BCUT2D eigenvalue weighted by molar-refractivity contribution is 7.95. The lowest BCUT2D eigenvalue weighted by atomic mass is 9.98. The molecule has 14 nitrogen and oxygen atoms in total. The van der Waals surface area contributed by atoms with Gasteiger partial charge in [0, 0.05) is 18.0 Å². The Morgan fingerprint density at radius 2 is 1.64 bits per heavy atom. The van der Waals surface area contributed by atoms with Gasteiger partial charge in [0.1, 0.15) is 15.0 Å². The van der Waals surface area contributed by atoms with E-state index in [1.54, 1.807) is 11.6 Å². The maximum absolute atomic E-state index is 13.6. The van der Waals surface area contributed by atoms with E-state index in [1.165, 1.54) is 11.8 Å². The Bertz CT molecular complexity index is 1850. The molecule has 2 aromatic carbocycles. The lowest BCUT2D eigenvalue weighted by Gasteiger charge is -2.35. The molecule has 5 rings (SSSR count). The van der Waals surface area contributed by atoms with Crippen molar-refractivity contribution in [3.05, 3.63) is 81.4 Å². The number of carbonyl (C=O) groups excluding carboxylic acids is 2. The van der Waals surface area contributed by atoms with Crippen molar-refractivity contribution >= 4 is 43.4 Å². The van der Waals surface area contributed by atoms with Gasteiger partial charge in [-0.05, 0) is 61.4 Å². The molecule has 2 aliphatic rings. The number of sulfone groups is 1. The zero-order chi connectivity index (χ0) is 33.9. The van der Waals surface area contributed by atoms with Gasteiger partial charge < -0.3 is 19.2 Å². The van der Waals surface area contributed by atoms with E-state index in [0.717, 1.165) is 28.3 Å². The van der Waals surface area contributed by atoms with Crippen LogP contribution in [-0.4, -0.2) is 70.6 Å². The summed E-state index contributed by atoms with van der Waals surface area (Å²) >= 11 is 0.489. The first-order chi connectivity index (χ1) is 22.3. The van der Waals surface area contributed by atoms with Gasteiger partial charge in [0.25, 0.3) is 15.1 Å². The molecular weight excluding hydrogens is 675 g/mol. The van der Waals surface area contributed by atoms with E-state index in [4.69, 9.17) is 9.47 Å². The average molecular weight is 708 g/mol. The summed E-state index contributed by atoms with van der Waals surface area (Å²) in [6, 6.07) is 16.2. The molecule has 2 atom stereocenters. The predicted molar refractivity (Wildman–Crippen MR) is 170 cm³/mol. The second kappa shape index (κ2) is 13.9. The van der Waals surface area contributed by atoms with Gasteiger partial charge >= 0.3 is 12.2 Å². The van der Waals surface area contributed by atoms with E-state index in [-0.39, 0.29) is 61.3 Å². The molecule has 1 unspecified atom stereocenters. The number of benzene rings is 2. The molecule has 0 spiro atoms. The summed E-state index contributed by atoms with van der Waals surface area (Å²) in [7, 11) is -8.49. The summed E-state index contributed by atoms with van der Waals surface area (Å²) in [5.74, 6) is -0.190. The van der Waals surface area contributed by atoms with E-state index < -0.39 is 52.6 Å². The lowest BCUT2D eigenvalue weighted by Crippen LogP contribution is -2.40. The van der Waals surface area contributed by atoms with Crippen molar-refractivity contribution in [2.75, 3.05) is 26.4 Å². The molecule has 0 saturated carbocycles. The van der Waals surface area contributed by atoms with E-state index in [2.05, 4.69) is 4.84 Å². The van der Waals surface area contributed by atoms with Gasteiger partial charge in [-0.1, -0.05) is 48.5 Å². The normalized spacial score (nSPS) is 17.9. The molecule has 0 saturated heterocycles. The van der Waals surface area contributed by atoms with E-state index in [9.17, 15) is 36.5 Å². The van der Waals surface area contributed by atoms with Gasteiger partial charge in [-0.15, -0.1) is 21.5 Å². The Hall–Kier alpha value is -4.22. The van der Waals surface area contributed by atoms with Crippen molar-refractivity contribution in [3.63, 3.8) is 0 Å². The first-order valence-electron chi connectivity index (χ1n) is 14.8. The van der Waals surface area contributed by atoms with Crippen LogP contribution in [0.15, 0.2) is 63.0 Å². The number of nitrogens with one attached hydrogen (secondary N) is 1. The Labute approximate surface area is 275 Å². The van der Waals surface area contributed by atoms with Crippen LogP contribution in [0, 0.1) is 10.1 Å². The molecule has 1 aromatic heterocycles. The van der Waals surface area contributed by atoms with E-state index in [1.807, 2.05) is 48.5 Å². The van der Waals surface area contributed by atoms with Gasteiger partial charge in [0.15, 0.2) is 9.84 Å². The third-order valence-corrected chi connectivity index (χ3v) is 13.8. The van der Waals surface area contributed by atoms with Gasteiger partial charge in [-0.3, -0.25) is 0 Å². The molecule has 2 heterocycles. The molecule has 17 heteroatoms. The topological polar surface area (TPSA) is 189 Å². The highest BCUT2D eigenvalue weighted by Gasteiger charge is 2.43. The van der Waals surface area contributed by atoms with Gasteiger partial charge in [-0.2, -0.15) is 0 Å². The Morgan fingerprint density at radius 1 is 1.02 bits per heavy atom. The molecule has 0 radical (unpaired) electrons. The maximum Gasteiger partial charge on any atom is 0.421 e. The van der Waals surface area contributed by atoms with Crippen molar-refractivity contribution < 1.29 is 45.8 Å². The molecule has 1 aliphatic heterocycles. The Morgan fingerprint density at radius 3 is 2.26 bits per heavy atom. The molecule has 0 bridgehead atoms. The first kappa shape index (κ1) is 34.1. The van der Waals surface area contributed by atoms with Crippen molar-refractivity contribution in [3.8, 4) is 11.1 Å². The minimum atomic E-state index is -4.55. The zero-order valence-electron chi connectivity index (χ0n) is 25.5. The Kier molecular flexibility index (Phi) is 10.1. The number of rotatable bonds is 12. The number of hydrogen-bond acceptors (Lipinski definition) is 12. The van der Waals surface area contributed by atoms with Crippen LogP contribution < -0.4 is 4.72 Å². The molecule has 47 heavy (non-hydrogen) atoms. The summed E-state index contributed by atoms with van der Waals surface area (Å²) in [5.41, 5.74) is 4.33. The third-order valence-electron chi connectivity index (χ3n) is 8.14. The van der Waals surface area contributed by atoms with Crippen molar-refractivity contribution in [1.82, 2.24) is 9.62 Å². The smallest absolute Gasteiger partial charge is 0.421 e. The monoisotopic (exact) mass is 707 g/mol. The fraction of sp³-hybridized carbons (Fsp3) is 0.400. The second-order valence-corrected chi connectivity index (χ2v) is 16.5. The van der Waals surface area contributed by atoms with Crippen LogP contribution in [0.5, 0.6) is 0 Å². The van der Waals surface area contributed by atoms with Gasteiger partial charge in [0.2, 0.25) is 0 Å². The molecule has 2 amide bonds. The zero-order valence-corrected chi connectivity index (χ0v) is 27.9. The van der Waals surface area contributed by atoms with Crippen LogP contribution in [0.25, 0.3) is 11.1 Å². The number of sulfonamides is 1. The van der Waals surface area contributed by atoms with E-state index in [0.29, 0.717) is 11.3 Å². The van der Waals surface area contributed by atoms with Gasteiger partial charge in [0.05, 0.1) is 24.5 Å². The highest BCUT2D eigenvalue weighted by atomic mass is 32.3. The van der Waals surface area contributed by atoms with E-state index >= 15 is 0 Å². The minimum absolute atomic E-state index is 0.0131. The number of nitrogens with zero attached hydrogens (tertiary/aromatic N) is 2. The second-order valence-electron chi connectivity index (χ2n) is 11.0. The summed E-state index contributed by atoms with van der Waals surface area (Å²) in [4.78, 5) is 41.5. The Balaban J connectivity index is 1.31. The average Bonchev–Trinajstić information content (AvgIpc) is 3.62. The number of carbonyl (C=O) groups is 2. The van der Waals surface area contributed by atoms with Gasteiger partial charge in [-0.25, -0.2) is 31.1 Å². The number of hydrogen-bond donors (Lipinski definition) is 1. The van der Waals surface area contributed by atoms with Crippen molar-refractivity contribution in [2.45, 2.75) is 58.7 Å². The number of ether oxygens (including phenoxy) is 2. The minimum Gasteiger partial charge on any atom is -0.449 e. The van der Waals surface area contributed by atoms with Crippen LogP contribution >= 0.6 is 11.3 Å². The predicted octanol–water partition coefficient (Wildman–Crippen LogP) is 5.03. The molecule has 252 valence electrons. The molecule has 1 N–H and O–H groups in total. The lowest BCUT2D eigenvalue weighted by molar-refractivity contribution is -0.757. The number of unbranched alkanes of at least 4 members (excludes halogenated alkanes) is 1. The van der Waals surface area contributed by atoms with Crippen molar-refractivity contribution in [2.24, 2.45) is 0 Å². The molecule has 1 aliphatic carbocycles. The largest absolute Gasteiger partial charge is 0.449 e. The van der Waals surface area contributed by atoms with Crippen LogP contribution in [0.2, 0.25) is 0 Å². The van der Waals surface area contributed by atoms with Crippen LogP contribution in [0.3, 0.4) is 0 Å². The summed E-state index contributed by atoms with van der Waals surface area (Å²) in [5, 5.41) is 8.30. The molecule has 3 aromatic rings. The molecular formula is C30H33N3O11S3. The number of fused-ring (bicyclic) bond motifs is 4. The summed E-state index contributed by atoms with van der Waals surface area (Å²) in [6.07, 6.45) is -1.59. The summed E-state index contributed by atoms with van der Waals surface area (Å²) in [6.45, 7) is 2.98. The van der Waals surface area contributed by atoms with Crippen LogP contribution in [-0.2, 0) is 34.2 Å². The quantitative estimate of drug-likeness (QED) is 0.151. The van der Waals surface area contributed by atoms with Crippen LogP contribution in [0.4, 0.5) is 9.59 Å². The first-order valence-corrected chi connectivity index (χ1v) is 18.7. The highest BCUT2D eigenvalue weighted by Crippen LogP contribution is 2.47. The summed E-state index contributed by atoms with van der Waals surface area (Å²) < 4.78 is 64.6.